The molecule has 1 heterocycles. The Morgan fingerprint density at radius 2 is 1.96 bits per heavy atom. The summed E-state index contributed by atoms with van der Waals surface area (Å²) in [6.07, 6.45) is 0.883. The van der Waals surface area contributed by atoms with Crippen molar-refractivity contribution in [2.45, 2.75) is 11.3 Å². The van der Waals surface area contributed by atoms with Crippen LogP contribution in [0.1, 0.15) is 4.88 Å². The fraction of sp³-hybridized carbons (Fsp3) is 0.167. The molecule has 1 amide bonds. The second-order valence-electron chi connectivity index (χ2n) is 5.06. The lowest BCUT2D eigenvalue weighted by molar-refractivity contribution is -0.118. The zero-order valence-corrected chi connectivity index (χ0v) is 14.8. The lowest BCUT2D eigenvalue weighted by Gasteiger charge is -2.08. The summed E-state index contributed by atoms with van der Waals surface area (Å²) >= 11 is 9.55. The Labute approximate surface area is 148 Å². The predicted octanol–water partition coefficient (Wildman–Crippen LogP) is 5.01. The third-order valence-corrected chi connectivity index (χ3v) is 5.76. The highest BCUT2D eigenvalue weighted by Gasteiger charge is 2.08. The topological polar surface area (TPSA) is 29.1 Å². The van der Waals surface area contributed by atoms with E-state index in [4.69, 9.17) is 11.6 Å². The minimum absolute atomic E-state index is 0.0515. The molecule has 23 heavy (non-hydrogen) atoms. The van der Waals surface area contributed by atoms with Gasteiger partial charge in [-0.05, 0) is 35.4 Å². The summed E-state index contributed by atoms with van der Waals surface area (Å²) in [6.45, 7) is 0.677. The Kier molecular flexibility index (Phi) is 5.60. The maximum Gasteiger partial charge on any atom is 0.230 e. The maximum atomic E-state index is 12.0. The van der Waals surface area contributed by atoms with Crippen molar-refractivity contribution in [2.75, 3.05) is 12.3 Å². The summed E-state index contributed by atoms with van der Waals surface area (Å²) in [4.78, 5) is 14.3. The summed E-state index contributed by atoms with van der Waals surface area (Å²) in [6, 6.07) is 16.0. The zero-order chi connectivity index (χ0) is 16.1. The van der Waals surface area contributed by atoms with Crippen LogP contribution in [0.4, 0.5) is 0 Å². The van der Waals surface area contributed by atoms with Crippen LogP contribution < -0.4 is 5.32 Å². The maximum absolute atomic E-state index is 12.0. The molecular formula is C18H16ClNOS2. The van der Waals surface area contributed by atoms with Gasteiger partial charge in [0, 0.05) is 26.7 Å². The molecule has 118 valence electrons. The Morgan fingerprint density at radius 3 is 2.74 bits per heavy atom. The molecule has 0 atom stereocenters. The van der Waals surface area contributed by atoms with Gasteiger partial charge in [-0.3, -0.25) is 4.79 Å². The van der Waals surface area contributed by atoms with Crippen LogP contribution in [-0.2, 0) is 11.2 Å². The first-order chi connectivity index (χ1) is 11.2. The van der Waals surface area contributed by atoms with E-state index in [9.17, 15) is 4.79 Å². The first-order valence-corrected chi connectivity index (χ1v) is 9.57. The normalized spacial score (nSPS) is 10.8. The highest BCUT2D eigenvalue weighted by molar-refractivity contribution is 8.00. The molecule has 0 spiro atoms. The third kappa shape index (κ3) is 4.28. The minimum Gasteiger partial charge on any atom is -0.355 e. The molecule has 1 aromatic heterocycles. The first kappa shape index (κ1) is 16.4. The standard InChI is InChI=1S/C18H16ClNOS2/c19-15-7-1-4-13-5-2-8-16(18(13)15)23-12-17(21)20-10-9-14-6-3-11-22-14/h1-8,11H,9-10,12H2,(H,20,21). The summed E-state index contributed by atoms with van der Waals surface area (Å²) < 4.78 is 0. The van der Waals surface area contributed by atoms with Gasteiger partial charge in [0.05, 0.1) is 5.75 Å². The van der Waals surface area contributed by atoms with Crippen molar-refractivity contribution in [3.8, 4) is 0 Å². The largest absolute Gasteiger partial charge is 0.355 e. The highest BCUT2D eigenvalue weighted by Crippen LogP contribution is 2.32. The van der Waals surface area contributed by atoms with Crippen LogP contribution in [0.15, 0.2) is 58.8 Å². The average molecular weight is 362 g/mol. The van der Waals surface area contributed by atoms with Gasteiger partial charge in [-0.25, -0.2) is 0 Å². The molecule has 2 nitrogen and oxygen atoms in total. The Balaban J connectivity index is 1.57. The first-order valence-electron chi connectivity index (χ1n) is 7.33. The molecule has 3 rings (SSSR count). The number of rotatable bonds is 6. The number of thioether (sulfide) groups is 1. The van der Waals surface area contributed by atoms with Crippen LogP contribution in [0.5, 0.6) is 0 Å². The molecule has 0 saturated carbocycles. The fourth-order valence-corrected chi connectivity index (χ4v) is 4.34. The second kappa shape index (κ2) is 7.86. The molecule has 0 aliphatic rings. The molecule has 3 aromatic rings. The number of carbonyl (C=O) groups is 1. The summed E-state index contributed by atoms with van der Waals surface area (Å²) in [5, 5.41) is 7.87. The van der Waals surface area contributed by atoms with Gasteiger partial charge < -0.3 is 5.32 Å². The lowest BCUT2D eigenvalue weighted by Crippen LogP contribution is -2.27. The molecular weight excluding hydrogens is 346 g/mol. The van der Waals surface area contributed by atoms with Crippen molar-refractivity contribution in [3.63, 3.8) is 0 Å². The van der Waals surface area contributed by atoms with Gasteiger partial charge in [-0.1, -0.05) is 41.9 Å². The molecule has 0 bridgehead atoms. The Bertz CT molecular complexity index is 797. The van der Waals surface area contributed by atoms with Crippen molar-refractivity contribution >= 4 is 51.4 Å². The quantitative estimate of drug-likeness (QED) is 0.625. The number of hydrogen-bond acceptors (Lipinski definition) is 3. The molecule has 1 N–H and O–H groups in total. The van der Waals surface area contributed by atoms with Crippen molar-refractivity contribution in [1.82, 2.24) is 5.32 Å². The van der Waals surface area contributed by atoms with Gasteiger partial charge in [0.15, 0.2) is 0 Å². The number of carbonyl (C=O) groups excluding carboxylic acids is 1. The second-order valence-corrected chi connectivity index (χ2v) is 7.52. The van der Waals surface area contributed by atoms with Crippen molar-refractivity contribution < 1.29 is 4.79 Å². The Morgan fingerprint density at radius 1 is 1.13 bits per heavy atom. The van der Waals surface area contributed by atoms with E-state index in [1.165, 1.54) is 16.6 Å². The number of benzene rings is 2. The molecule has 0 fully saturated rings. The van der Waals surface area contributed by atoms with Gasteiger partial charge in [0.25, 0.3) is 0 Å². The number of hydrogen-bond donors (Lipinski definition) is 1. The predicted molar refractivity (Wildman–Crippen MR) is 101 cm³/mol. The van der Waals surface area contributed by atoms with Crippen LogP contribution in [-0.4, -0.2) is 18.2 Å². The number of nitrogens with one attached hydrogen (secondary N) is 1. The zero-order valence-electron chi connectivity index (χ0n) is 12.4. The van der Waals surface area contributed by atoms with E-state index in [1.54, 1.807) is 11.3 Å². The fourth-order valence-electron chi connectivity index (χ4n) is 2.36. The summed E-state index contributed by atoms with van der Waals surface area (Å²) in [7, 11) is 0. The molecule has 0 aliphatic heterocycles. The average Bonchev–Trinajstić information content (AvgIpc) is 3.06. The van der Waals surface area contributed by atoms with E-state index in [0.717, 1.165) is 27.1 Å². The number of amides is 1. The lowest BCUT2D eigenvalue weighted by atomic mass is 10.1. The van der Waals surface area contributed by atoms with Crippen molar-refractivity contribution in [1.29, 1.82) is 0 Å². The van der Waals surface area contributed by atoms with E-state index in [-0.39, 0.29) is 5.91 Å². The van der Waals surface area contributed by atoms with Gasteiger partial charge in [-0.15, -0.1) is 23.1 Å². The summed E-state index contributed by atoms with van der Waals surface area (Å²) in [5.74, 6) is 0.449. The van der Waals surface area contributed by atoms with Crippen LogP contribution in [0.25, 0.3) is 10.8 Å². The molecule has 0 saturated heterocycles. The number of thiophene rings is 1. The van der Waals surface area contributed by atoms with Gasteiger partial charge in [-0.2, -0.15) is 0 Å². The van der Waals surface area contributed by atoms with Gasteiger partial charge in [0.1, 0.15) is 0 Å². The molecule has 2 aromatic carbocycles. The Hall–Kier alpha value is -1.49. The van der Waals surface area contributed by atoms with Crippen molar-refractivity contribution in [2.24, 2.45) is 0 Å². The molecule has 5 heteroatoms. The van der Waals surface area contributed by atoms with E-state index in [1.807, 2.05) is 42.5 Å². The van der Waals surface area contributed by atoms with E-state index in [2.05, 4.69) is 16.8 Å². The smallest absolute Gasteiger partial charge is 0.230 e. The van der Waals surface area contributed by atoms with E-state index < -0.39 is 0 Å². The van der Waals surface area contributed by atoms with Gasteiger partial charge >= 0.3 is 0 Å². The molecule has 0 radical (unpaired) electrons. The molecule has 0 unspecified atom stereocenters. The van der Waals surface area contributed by atoms with E-state index in [0.29, 0.717) is 12.3 Å². The van der Waals surface area contributed by atoms with Crippen LogP contribution in [0, 0.1) is 0 Å². The number of fused-ring (bicyclic) bond motifs is 1. The van der Waals surface area contributed by atoms with Crippen LogP contribution in [0.3, 0.4) is 0 Å². The number of halogens is 1. The summed E-state index contributed by atoms with van der Waals surface area (Å²) in [5.41, 5.74) is 0. The SMILES string of the molecule is O=C(CSc1cccc2cccc(Cl)c12)NCCc1cccs1. The van der Waals surface area contributed by atoms with E-state index >= 15 is 0 Å². The highest BCUT2D eigenvalue weighted by atomic mass is 35.5. The third-order valence-electron chi connectivity index (χ3n) is 3.45. The van der Waals surface area contributed by atoms with Crippen LogP contribution in [0.2, 0.25) is 5.02 Å². The molecule has 0 aliphatic carbocycles. The van der Waals surface area contributed by atoms with Gasteiger partial charge in [0.2, 0.25) is 5.91 Å². The van der Waals surface area contributed by atoms with Crippen LogP contribution >= 0.6 is 34.7 Å². The minimum atomic E-state index is 0.0515. The monoisotopic (exact) mass is 361 g/mol. The van der Waals surface area contributed by atoms with Crippen molar-refractivity contribution in [3.05, 3.63) is 63.8 Å².